The first kappa shape index (κ1) is 23.6. The van der Waals surface area contributed by atoms with Gasteiger partial charge >= 0.3 is 0 Å². The van der Waals surface area contributed by atoms with Crippen LogP contribution in [0, 0.1) is 0 Å². The molecule has 174 valence electrons. The minimum atomic E-state index is -3.58. The van der Waals surface area contributed by atoms with Gasteiger partial charge < -0.3 is 5.32 Å². The van der Waals surface area contributed by atoms with Crippen LogP contribution in [0.15, 0.2) is 76.6 Å². The molecule has 0 aliphatic carbocycles. The van der Waals surface area contributed by atoms with Crippen molar-refractivity contribution in [2.75, 3.05) is 26.2 Å². The van der Waals surface area contributed by atoms with Crippen molar-refractivity contribution < 1.29 is 13.2 Å². The standard InChI is InChI=1S/C24H28N4O3S2/c29-23-18-22(21-6-2-1-3-7-21)27(19-20-9-11-25-12-10-20)14-5-15-28(16-13-26-23)33(30,31)24-8-4-17-32-24/h1-4,6-12,17,22H,5,13-16,18-19H2,(H,26,29). The first-order valence-corrected chi connectivity index (χ1v) is 13.3. The second-order valence-electron chi connectivity index (χ2n) is 8.00. The summed E-state index contributed by atoms with van der Waals surface area (Å²) in [5, 5.41) is 4.70. The van der Waals surface area contributed by atoms with Crippen LogP contribution in [-0.4, -0.2) is 54.7 Å². The van der Waals surface area contributed by atoms with E-state index in [-0.39, 0.29) is 25.0 Å². The molecule has 1 aliphatic rings. The third-order valence-corrected chi connectivity index (χ3v) is 9.04. The molecule has 0 bridgehead atoms. The highest BCUT2D eigenvalue weighted by molar-refractivity contribution is 7.91. The van der Waals surface area contributed by atoms with Crippen molar-refractivity contribution in [3.63, 3.8) is 0 Å². The van der Waals surface area contributed by atoms with Gasteiger partial charge in [0.15, 0.2) is 0 Å². The molecule has 0 spiro atoms. The number of carbonyl (C=O) groups excluding carboxylic acids is 1. The monoisotopic (exact) mass is 484 g/mol. The third-order valence-electron chi connectivity index (χ3n) is 5.76. The molecular formula is C24H28N4O3S2. The van der Waals surface area contributed by atoms with Crippen molar-refractivity contribution in [3.8, 4) is 0 Å². The summed E-state index contributed by atoms with van der Waals surface area (Å²) in [6, 6.07) is 17.2. The summed E-state index contributed by atoms with van der Waals surface area (Å²) in [4.78, 5) is 19.2. The molecule has 3 heterocycles. The lowest BCUT2D eigenvalue weighted by Crippen LogP contribution is -2.38. The molecule has 1 unspecified atom stereocenters. The molecule has 3 aromatic rings. The molecule has 1 N–H and O–H groups in total. The van der Waals surface area contributed by atoms with E-state index in [1.807, 2.05) is 42.5 Å². The predicted octanol–water partition coefficient (Wildman–Crippen LogP) is 3.29. The molecule has 0 saturated carbocycles. The second kappa shape index (κ2) is 11.0. The van der Waals surface area contributed by atoms with E-state index in [9.17, 15) is 13.2 Å². The molecule has 1 fully saturated rings. The van der Waals surface area contributed by atoms with Gasteiger partial charge in [-0.2, -0.15) is 4.31 Å². The molecule has 9 heteroatoms. The van der Waals surface area contributed by atoms with E-state index in [1.54, 1.807) is 29.9 Å². The number of pyridine rings is 1. The smallest absolute Gasteiger partial charge is 0.252 e. The molecule has 1 aliphatic heterocycles. The zero-order valence-electron chi connectivity index (χ0n) is 18.3. The summed E-state index contributed by atoms with van der Waals surface area (Å²) in [5.74, 6) is -0.0843. The molecule has 1 atom stereocenters. The Labute approximate surface area is 199 Å². The van der Waals surface area contributed by atoms with Crippen LogP contribution in [0.25, 0.3) is 0 Å². The van der Waals surface area contributed by atoms with Gasteiger partial charge in [0.2, 0.25) is 5.91 Å². The lowest BCUT2D eigenvalue weighted by molar-refractivity contribution is -0.122. The number of aromatic nitrogens is 1. The fraction of sp³-hybridized carbons (Fsp3) is 0.333. The highest BCUT2D eigenvalue weighted by Gasteiger charge is 2.28. The van der Waals surface area contributed by atoms with Gasteiger partial charge in [0.05, 0.1) is 0 Å². The Morgan fingerprint density at radius 2 is 1.79 bits per heavy atom. The van der Waals surface area contributed by atoms with Crippen LogP contribution in [0.5, 0.6) is 0 Å². The number of amides is 1. The fourth-order valence-electron chi connectivity index (χ4n) is 4.11. The fourth-order valence-corrected chi connectivity index (χ4v) is 6.73. The maximum Gasteiger partial charge on any atom is 0.252 e. The number of hydrogen-bond donors (Lipinski definition) is 1. The van der Waals surface area contributed by atoms with Gasteiger partial charge in [0, 0.05) is 57.6 Å². The van der Waals surface area contributed by atoms with Gasteiger partial charge in [0.25, 0.3) is 10.0 Å². The maximum atomic E-state index is 13.1. The van der Waals surface area contributed by atoms with Crippen LogP contribution in [0.2, 0.25) is 0 Å². The quantitative estimate of drug-likeness (QED) is 0.601. The van der Waals surface area contributed by atoms with Crippen molar-refractivity contribution in [3.05, 3.63) is 83.5 Å². The maximum absolute atomic E-state index is 13.1. The van der Waals surface area contributed by atoms with E-state index < -0.39 is 10.0 Å². The van der Waals surface area contributed by atoms with Gasteiger partial charge in [-0.1, -0.05) is 36.4 Å². The third kappa shape index (κ3) is 6.05. The first-order chi connectivity index (χ1) is 16.0. The summed E-state index contributed by atoms with van der Waals surface area (Å²) in [7, 11) is -3.58. The van der Waals surface area contributed by atoms with Crippen LogP contribution in [-0.2, 0) is 21.4 Å². The number of rotatable bonds is 5. The van der Waals surface area contributed by atoms with Crippen molar-refractivity contribution in [1.29, 1.82) is 0 Å². The lowest BCUT2D eigenvalue weighted by atomic mass is 10.0. The largest absolute Gasteiger partial charge is 0.355 e. The van der Waals surface area contributed by atoms with Gasteiger partial charge in [-0.25, -0.2) is 8.42 Å². The number of sulfonamides is 1. The Kier molecular flexibility index (Phi) is 7.87. The molecule has 1 aromatic carbocycles. The number of nitrogens with zero attached hydrogens (tertiary/aromatic N) is 3. The van der Waals surface area contributed by atoms with Crippen molar-refractivity contribution in [2.24, 2.45) is 0 Å². The van der Waals surface area contributed by atoms with E-state index in [0.29, 0.717) is 36.7 Å². The highest BCUT2D eigenvalue weighted by atomic mass is 32.2. The van der Waals surface area contributed by atoms with Gasteiger partial charge in [0.1, 0.15) is 4.21 Å². The average Bonchev–Trinajstić information content (AvgIpc) is 3.37. The van der Waals surface area contributed by atoms with Crippen molar-refractivity contribution >= 4 is 27.3 Å². The Morgan fingerprint density at radius 1 is 1.00 bits per heavy atom. The Bertz CT molecular complexity index is 1120. The molecule has 0 radical (unpaired) electrons. The van der Waals surface area contributed by atoms with Crippen LogP contribution in [0.3, 0.4) is 0 Å². The summed E-state index contributed by atoms with van der Waals surface area (Å²) < 4.78 is 28.1. The zero-order chi connectivity index (χ0) is 23.1. The number of benzene rings is 1. The van der Waals surface area contributed by atoms with Crippen LogP contribution < -0.4 is 5.32 Å². The van der Waals surface area contributed by atoms with Crippen molar-refractivity contribution in [1.82, 2.24) is 19.5 Å². The Balaban J connectivity index is 1.61. The van der Waals surface area contributed by atoms with Gasteiger partial charge in [-0.05, 0) is 41.1 Å². The predicted molar refractivity (Wildman–Crippen MR) is 129 cm³/mol. The summed E-state index contributed by atoms with van der Waals surface area (Å²) >= 11 is 1.22. The van der Waals surface area contributed by atoms with E-state index in [0.717, 1.165) is 11.1 Å². The number of carbonyl (C=O) groups is 1. The second-order valence-corrected chi connectivity index (χ2v) is 11.1. The SMILES string of the molecule is O=C1CC(c2ccccc2)N(Cc2ccncc2)CCCN(S(=O)(=O)c2cccs2)CCN1. The van der Waals surface area contributed by atoms with Gasteiger partial charge in [-0.3, -0.25) is 14.7 Å². The van der Waals surface area contributed by atoms with Crippen LogP contribution >= 0.6 is 11.3 Å². The molecule has 1 amide bonds. The Morgan fingerprint density at radius 3 is 2.52 bits per heavy atom. The molecule has 7 nitrogen and oxygen atoms in total. The highest BCUT2D eigenvalue weighted by Crippen LogP contribution is 2.28. The minimum Gasteiger partial charge on any atom is -0.355 e. The van der Waals surface area contributed by atoms with E-state index in [2.05, 4.69) is 15.2 Å². The number of hydrogen-bond acceptors (Lipinski definition) is 6. The van der Waals surface area contributed by atoms with E-state index in [4.69, 9.17) is 0 Å². The number of thiophene rings is 1. The van der Waals surface area contributed by atoms with E-state index in [1.165, 1.54) is 15.6 Å². The number of nitrogens with one attached hydrogen (secondary N) is 1. The molecule has 1 saturated heterocycles. The first-order valence-electron chi connectivity index (χ1n) is 11.0. The Hall–Kier alpha value is -2.59. The van der Waals surface area contributed by atoms with E-state index >= 15 is 0 Å². The molecule has 2 aromatic heterocycles. The molecular weight excluding hydrogens is 456 g/mol. The van der Waals surface area contributed by atoms with Crippen LogP contribution in [0.4, 0.5) is 0 Å². The molecule has 33 heavy (non-hydrogen) atoms. The zero-order valence-corrected chi connectivity index (χ0v) is 20.0. The lowest BCUT2D eigenvalue weighted by Gasteiger charge is -2.32. The average molecular weight is 485 g/mol. The normalized spacial score (nSPS) is 19.5. The summed E-state index contributed by atoms with van der Waals surface area (Å²) in [5.41, 5.74) is 2.17. The topological polar surface area (TPSA) is 82.6 Å². The minimum absolute atomic E-state index is 0.0843. The summed E-state index contributed by atoms with van der Waals surface area (Å²) in [6.07, 6.45) is 4.50. The van der Waals surface area contributed by atoms with Crippen LogP contribution in [0.1, 0.15) is 30.0 Å². The summed E-state index contributed by atoms with van der Waals surface area (Å²) in [6.45, 7) is 2.24. The molecule has 4 rings (SSSR count). The van der Waals surface area contributed by atoms with Gasteiger partial charge in [-0.15, -0.1) is 11.3 Å². The van der Waals surface area contributed by atoms with Crippen molar-refractivity contribution in [2.45, 2.75) is 29.6 Å².